The molecule has 1 aliphatic rings. The van der Waals surface area contributed by atoms with E-state index in [2.05, 4.69) is 39.0 Å². The molecule has 0 unspecified atom stereocenters. The lowest BCUT2D eigenvalue weighted by Crippen LogP contribution is -1.86. The lowest BCUT2D eigenvalue weighted by molar-refractivity contribution is 0.931. The van der Waals surface area contributed by atoms with Crippen LogP contribution in [0.3, 0.4) is 0 Å². The molecule has 1 fully saturated rings. The van der Waals surface area contributed by atoms with E-state index in [1.54, 1.807) is 17.7 Å². The number of aromatic nitrogens is 5. The Labute approximate surface area is 124 Å². The van der Waals surface area contributed by atoms with Crippen molar-refractivity contribution in [1.29, 1.82) is 0 Å². The molecular formula is C13H13N5S2. The third-order valence-corrected chi connectivity index (χ3v) is 5.55. The summed E-state index contributed by atoms with van der Waals surface area (Å²) in [4.78, 5) is 15.6. The second-order valence-corrected chi connectivity index (χ2v) is 7.18. The number of aryl methyl sites for hydroxylation is 2. The lowest BCUT2D eigenvalue weighted by Gasteiger charge is -1.99. The number of fused-ring (bicyclic) bond motifs is 1. The van der Waals surface area contributed by atoms with Crippen LogP contribution in [0.1, 0.15) is 35.0 Å². The van der Waals surface area contributed by atoms with Gasteiger partial charge in [0.05, 0.1) is 0 Å². The summed E-state index contributed by atoms with van der Waals surface area (Å²) in [6.45, 7) is 4.24. The number of nitrogens with zero attached hydrogens (tertiary/aromatic N) is 4. The molecule has 1 saturated carbocycles. The molecule has 0 radical (unpaired) electrons. The fourth-order valence-corrected chi connectivity index (χ4v) is 4.08. The third kappa shape index (κ3) is 2.01. The van der Waals surface area contributed by atoms with E-state index >= 15 is 0 Å². The number of aromatic amines is 1. The third-order valence-electron chi connectivity index (χ3n) is 3.56. The smallest absolute Gasteiger partial charge is 0.214 e. The van der Waals surface area contributed by atoms with Gasteiger partial charge < -0.3 is 0 Å². The Morgan fingerprint density at radius 2 is 2.15 bits per heavy atom. The number of H-pyrrole nitrogens is 1. The van der Waals surface area contributed by atoms with E-state index in [1.165, 1.54) is 35.0 Å². The second-order valence-electron chi connectivity index (χ2n) is 5.02. The van der Waals surface area contributed by atoms with E-state index in [-0.39, 0.29) is 0 Å². The Morgan fingerprint density at radius 3 is 2.95 bits per heavy atom. The van der Waals surface area contributed by atoms with Gasteiger partial charge in [0, 0.05) is 16.2 Å². The molecule has 0 bridgehead atoms. The van der Waals surface area contributed by atoms with Crippen LogP contribution in [0.25, 0.3) is 10.2 Å². The van der Waals surface area contributed by atoms with Gasteiger partial charge in [-0.2, -0.15) is 0 Å². The highest BCUT2D eigenvalue weighted by Gasteiger charge is 2.27. The van der Waals surface area contributed by atoms with E-state index in [4.69, 9.17) is 0 Å². The molecule has 0 aromatic carbocycles. The number of hydrogen-bond donors (Lipinski definition) is 1. The van der Waals surface area contributed by atoms with Crippen molar-refractivity contribution >= 4 is 33.3 Å². The first-order valence-corrected chi connectivity index (χ1v) is 8.16. The van der Waals surface area contributed by atoms with Crippen LogP contribution < -0.4 is 0 Å². The van der Waals surface area contributed by atoms with Crippen molar-refractivity contribution in [1.82, 2.24) is 25.1 Å². The highest BCUT2D eigenvalue weighted by Crippen LogP contribution is 2.40. The molecule has 20 heavy (non-hydrogen) atoms. The summed E-state index contributed by atoms with van der Waals surface area (Å²) in [6.07, 6.45) is 4.06. The van der Waals surface area contributed by atoms with Gasteiger partial charge in [0.2, 0.25) is 5.16 Å². The first kappa shape index (κ1) is 12.3. The standard InChI is InChI=1S/C13H13N5S2/c1-6-7(2)19-11-9(6)12(15-5-14-11)20-13-16-10(17-18-13)8-3-4-8/h5,8H,3-4H2,1-2H3,(H,16,17,18). The van der Waals surface area contributed by atoms with Crippen molar-refractivity contribution in [2.75, 3.05) is 0 Å². The number of thiophene rings is 1. The van der Waals surface area contributed by atoms with Gasteiger partial charge in [0.1, 0.15) is 22.0 Å². The van der Waals surface area contributed by atoms with Crippen molar-refractivity contribution in [2.45, 2.75) is 42.8 Å². The highest BCUT2D eigenvalue weighted by atomic mass is 32.2. The minimum Gasteiger partial charge on any atom is -0.262 e. The molecule has 7 heteroatoms. The SMILES string of the molecule is Cc1sc2ncnc(Sc3n[nH]c(C4CC4)n3)c2c1C. The van der Waals surface area contributed by atoms with Crippen molar-refractivity contribution in [3.05, 3.63) is 22.6 Å². The van der Waals surface area contributed by atoms with Crippen LogP contribution in [0, 0.1) is 13.8 Å². The molecule has 102 valence electrons. The van der Waals surface area contributed by atoms with Crippen molar-refractivity contribution in [3.63, 3.8) is 0 Å². The molecule has 0 amide bonds. The zero-order valence-electron chi connectivity index (χ0n) is 11.2. The van der Waals surface area contributed by atoms with Crippen molar-refractivity contribution in [3.8, 4) is 0 Å². The first-order chi connectivity index (χ1) is 9.72. The quantitative estimate of drug-likeness (QED) is 0.751. The molecule has 5 nitrogen and oxygen atoms in total. The fraction of sp³-hybridized carbons (Fsp3) is 0.385. The van der Waals surface area contributed by atoms with Crippen LogP contribution in [0.15, 0.2) is 16.5 Å². The van der Waals surface area contributed by atoms with E-state index in [0.717, 1.165) is 26.2 Å². The van der Waals surface area contributed by atoms with Crippen LogP contribution >= 0.6 is 23.1 Å². The Bertz CT molecular complexity index is 787. The van der Waals surface area contributed by atoms with Crippen molar-refractivity contribution in [2.24, 2.45) is 0 Å². The summed E-state index contributed by atoms with van der Waals surface area (Å²) in [5.41, 5.74) is 1.26. The van der Waals surface area contributed by atoms with Crippen LogP contribution in [-0.2, 0) is 0 Å². The normalized spacial score (nSPS) is 15.1. The zero-order valence-corrected chi connectivity index (χ0v) is 12.8. The molecule has 0 spiro atoms. The lowest BCUT2D eigenvalue weighted by atomic mass is 10.2. The molecule has 3 heterocycles. The molecule has 1 aliphatic carbocycles. The molecule has 4 rings (SSSR count). The minimum absolute atomic E-state index is 0.590. The van der Waals surface area contributed by atoms with Crippen molar-refractivity contribution < 1.29 is 0 Å². The summed E-state index contributed by atoms with van der Waals surface area (Å²) in [5, 5.41) is 10.1. The van der Waals surface area contributed by atoms with Gasteiger partial charge >= 0.3 is 0 Å². The maximum absolute atomic E-state index is 4.55. The molecule has 0 aliphatic heterocycles. The van der Waals surface area contributed by atoms with E-state index in [1.807, 2.05) is 0 Å². The molecule has 1 N–H and O–H groups in total. The summed E-state index contributed by atoms with van der Waals surface area (Å²) in [6, 6.07) is 0. The predicted molar refractivity (Wildman–Crippen MR) is 79.4 cm³/mol. The molecule has 3 aromatic heterocycles. The average molecular weight is 303 g/mol. The van der Waals surface area contributed by atoms with Gasteiger partial charge in [-0.05, 0) is 44.0 Å². The molecule has 0 saturated heterocycles. The zero-order chi connectivity index (χ0) is 13.7. The van der Waals surface area contributed by atoms with Gasteiger partial charge in [-0.3, -0.25) is 5.10 Å². The summed E-state index contributed by atoms with van der Waals surface area (Å²) in [7, 11) is 0. The number of nitrogens with one attached hydrogen (secondary N) is 1. The largest absolute Gasteiger partial charge is 0.262 e. The minimum atomic E-state index is 0.590. The Balaban J connectivity index is 1.73. The van der Waals surface area contributed by atoms with E-state index in [0.29, 0.717) is 5.92 Å². The monoisotopic (exact) mass is 303 g/mol. The molecule has 0 atom stereocenters. The predicted octanol–water partition coefficient (Wildman–Crippen LogP) is 3.45. The van der Waals surface area contributed by atoms with Crippen LogP contribution in [0.4, 0.5) is 0 Å². The van der Waals surface area contributed by atoms with E-state index < -0.39 is 0 Å². The summed E-state index contributed by atoms with van der Waals surface area (Å²) >= 11 is 3.22. The summed E-state index contributed by atoms with van der Waals surface area (Å²) < 4.78 is 0. The topological polar surface area (TPSA) is 67.3 Å². The average Bonchev–Trinajstić information content (AvgIpc) is 3.12. The summed E-state index contributed by atoms with van der Waals surface area (Å²) in [5.74, 6) is 1.60. The maximum Gasteiger partial charge on any atom is 0.214 e. The van der Waals surface area contributed by atoms with Crippen LogP contribution in [0.2, 0.25) is 0 Å². The van der Waals surface area contributed by atoms with Gasteiger partial charge in [-0.25, -0.2) is 15.0 Å². The number of hydrogen-bond acceptors (Lipinski definition) is 6. The molecular weight excluding hydrogens is 290 g/mol. The highest BCUT2D eigenvalue weighted by molar-refractivity contribution is 7.99. The first-order valence-electron chi connectivity index (χ1n) is 6.53. The van der Waals surface area contributed by atoms with Gasteiger partial charge in [-0.1, -0.05) is 0 Å². The van der Waals surface area contributed by atoms with Gasteiger partial charge in [0.25, 0.3) is 0 Å². The Kier molecular flexibility index (Phi) is 2.78. The number of rotatable bonds is 3. The van der Waals surface area contributed by atoms with E-state index in [9.17, 15) is 0 Å². The Morgan fingerprint density at radius 1 is 1.30 bits per heavy atom. The maximum atomic E-state index is 4.55. The van der Waals surface area contributed by atoms with Crippen LogP contribution in [-0.4, -0.2) is 25.1 Å². The van der Waals surface area contributed by atoms with Gasteiger partial charge in [0.15, 0.2) is 0 Å². The second kappa shape index (κ2) is 4.53. The molecule has 3 aromatic rings. The van der Waals surface area contributed by atoms with Crippen LogP contribution in [0.5, 0.6) is 0 Å². The van der Waals surface area contributed by atoms with Gasteiger partial charge in [-0.15, -0.1) is 16.4 Å². The Hall–Kier alpha value is -1.47. The fourth-order valence-electron chi connectivity index (χ4n) is 2.16.